The number of para-hydroxylation sites is 1. The minimum absolute atomic E-state index is 0.0406. The number of hydrogen-bond donors (Lipinski definition) is 1. The molecule has 0 fully saturated rings. The fraction of sp³-hybridized carbons (Fsp3) is 0.333. The van der Waals surface area contributed by atoms with E-state index >= 15 is 0 Å². The van der Waals surface area contributed by atoms with E-state index in [0.717, 1.165) is 11.1 Å². The Morgan fingerprint density at radius 3 is 2.56 bits per heavy atom. The number of hydrogen-bond acceptors (Lipinski definition) is 6. The number of ether oxygens (including phenoxy) is 2. The average molecular weight is 491 g/mol. The second-order valence-corrected chi connectivity index (χ2v) is 8.75. The first-order valence-electron chi connectivity index (χ1n) is 11.9. The van der Waals surface area contributed by atoms with Crippen LogP contribution < -0.4 is 10.1 Å². The lowest BCUT2D eigenvalue weighted by Gasteiger charge is -2.43. The summed E-state index contributed by atoms with van der Waals surface area (Å²) in [6, 6.07) is 18.6. The minimum atomic E-state index is -1.24. The summed E-state index contributed by atoms with van der Waals surface area (Å²) < 4.78 is 11.9. The molecule has 1 atom stereocenters. The second kappa shape index (κ2) is 10.6. The summed E-state index contributed by atoms with van der Waals surface area (Å²) in [6.45, 7) is 4.31. The molecule has 1 aliphatic rings. The Kier molecular flexibility index (Phi) is 7.38. The molecule has 1 N–H and O–H groups in total. The van der Waals surface area contributed by atoms with Crippen LogP contribution in [0.5, 0.6) is 5.75 Å². The van der Waals surface area contributed by atoms with Crippen molar-refractivity contribution in [2.45, 2.75) is 38.9 Å². The smallest absolute Gasteiger partial charge is 0.358 e. The van der Waals surface area contributed by atoms with E-state index in [0.29, 0.717) is 18.7 Å². The normalized spacial score (nSPS) is 16.9. The summed E-state index contributed by atoms with van der Waals surface area (Å²) in [4.78, 5) is 41.1. The molecule has 9 heteroatoms. The van der Waals surface area contributed by atoms with Crippen LogP contribution in [0.3, 0.4) is 0 Å². The Bertz CT molecular complexity index is 1260. The van der Waals surface area contributed by atoms with Gasteiger partial charge in [0, 0.05) is 19.2 Å². The first-order valence-corrected chi connectivity index (χ1v) is 11.9. The van der Waals surface area contributed by atoms with Crippen molar-refractivity contribution in [2.75, 3.05) is 20.3 Å². The van der Waals surface area contributed by atoms with Crippen LogP contribution in [0.25, 0.3) is 0 Å². The molecular formula is C27H30N4O5. The first-order chi connectivity index (χ1) is 17.4. The molecule has 3 aromatic rings. The van der Waals surface area contributed by atoms with Gasteiger partial charge in [-0.2, -0.15) is 5.10 Å². The lowest BCUT2D eigenvalue weighted by atomic mass is 9.94. The lowest BCUT2D eigenvalue weighted by molar-refractivity contribution is -0.133. The number of rotatable bonds is 9. The van der Waals surface area contributed by atoms with Gasteiger partial charge in [-0.3, -0.25) is 14.3 Å². The summed E-state index contributed by atoms with van der Waals surface area (Å²) in [5, 5.41) is 7.26. The van der Waals surface area contributed by atoms with Gasteiger partial charge in [0.1, 0.15) is 17.0 Å². The zero-order valence-corrected chi connectivity index (χ0v) is 20.7. The Morgan fingerprint density at radius 2 is 1.83 bits per heavy atom. The van der Waals surface area contributed by atoms with Crippen molar-refractivity contribution in [2.24, 2.45) is 0 Å². The van der Waals surface area contributed by atoms with Crippen molar-refractivity contribution in [3.8, 4) is 5.75 Å². The molecule has 0 spiro atoms. The lowest BCUT2D eigenvalue weighted by Crippen LogP contribution is -2.64. The Balaban J connectivity index is 1.64. The van der Waals surface area contributed by atoms with Gasteiger partial charge in [-0.15, -0.1) is 0 Å². The molecule has 1 aliphatic heterocycles. The number of nitrogens with one attached hydrogen (secondary N) is 1. The van der Waals surface area contributed by atoms with E-state index in [1.165, 1.54) is 10.7 Å². The van der Waals surface area contributed by atoms with Crippen LogP contribution in [0.2, 0.25) is 0 Å². The molecular weight excluding hydrogens is 460 g/mol. The maximum atomic E-state index is 13.7. The third-order valence-corrected chi connectivity index (χ3v) is 6.36. The van der Waals surface area contributed by atoms with Crippen LogP contribution in [0, 0.1) is 0 Å². The zero-order valence-electron chi connectivity index (χ0n) is 20.7. The fourth-order valence-corrected chi connectivity index (χ4v) is 4.41. The van der Waals surface area contributed by atoms with E-state index in [1.54, 1.807) is 25.9 Å². The average Bonchev–Trinajstić information content (AvgIpc) is 3.32. The molecule has 36 heavy (non-hydrogen) atoms. The standard InChI is InChI=1S/C27H30N4O5/c1-4-36-25(33)21-16-22-24(32)30(15-14-20-12-8-9-13-23(20)35-3)27(2,18-31(22)29-21)26(34)28-17-19-10-6-5-7-11-19/h5-13,16H,4,14-15,17-18H2,1-3H3,(H,28,34). The maximum Gasteiger partial charge on any atom is 0.358 e. The van der Waals surface area contributed by atoms with Gasteiger partial charge in [0.15, 0.2) is 5.69 Å². The van der Waals surface area contributed by atoms with Crippen molar-refractivity contribution in [3.05, 3.63) is 83.2 Å². The third-order valence-electron chi connectivity index (χ3n) is 6.36. The van der Waals surface area contributed by atoms with Crippen LogP contribution in [-0.4, -0.2) is 58.3 Å². The number of aromatic nitrogens is 2. The highest BCUT2D eigenvalue weighted by atomic mass is 16.5. The molecule has 0 bridgehead atoms. The molecule has 9 nitrogen and oxygen atoms in total. The van der Waals surface area contributed by atoms with Crippen molar-refractivity contribution in [1.29, 1.82) is 0 Å². The molecule has 0 radical (unpaired) electrons. The molecule has 0 saturated carbocycles. The van der Waals surface area contributed by atoms with Crippen molar-refractivity contribution >= 4 is 17.8 Å². The van der Waals surface area contributed by atoms with Gasteiger partial charge in [-0.1, -0.05) is 48.5 Å². The SMILES string of the molecule is CCOC(=O)c1cc2n(n1)CC(C)(C(=O)NCc1ccccc1)N(CCc1ccccc1OC)C2=O. The number of carbonyl (C=O) groups is 3. The molecule has 188 valence electrons. The summed E-state index contributed by atoms with van der Waals surface area (Å²) in [6.07, 6.45) is 0.482. The van der Waals surface area contributed by atoms with Gasteiger partial charge in [0.2, 0.25) is 5.91 Å². The van der Waals surface area contributed by atoms with Crippen LogP contribution in [0.1, 0.15) is 46.0 Å². The van der Waals surface area contributed by atoms with Gasteiger partial charge in [-0.05, 0) is 37.5 Å². The van der Waals surface area contributed by atoms with E-state index in [-0.39, 0.29) is 42.9 Å². The van der Waals surface area contributed by atoms with E-state index < -0.39 is 11.5 Å². The molecule has 1 unspecified atom stereocenters. The highest BCUT2D eigenvalue weighted by molar-refractivity contribution is 6.01. The first kappa shape index (κ1) is 25.0. The van der Waals surface area contributed by atoms with Crippen LogP contribution in [0.15, 0.2) is 60.7 Å². The largest absolute Gasteiger partial charge is 0.496 e. The fourth-order valence-electron chi connectivity index (χ4n) is 4.41. The van der Waals surface area contributed by atoms with Crippen LogP contribution >= 0.6 is 0 Å². The molecule has 1 aromatic heterocycles. The van der Waals surface area contributed by atoms with Gasteiger partial charge in [0.25, 0.3) is 5.91 Å². The molecule has 0 aliphatic carbocycles. The van der Waals surface area contributed by atoms with Gasteiger partial charge in [0.05, 0.1) is 20.3 Å². The van der Waals surface area contributed by atoms with E-state index in [1.807, 2.05) is 54.6 Å². The minimum Gasteiger partial charge on any atom is -0.496 e. The Labute approximate surface area is 210 Å². The number of esters is 1. The van der Waals surface area contributed by atoms with E-state index in [9.17, 15) is 14.4 Å². The predicted molar refractivity (Wildman–Crippen MR) is 133 cm³/mol. The van der Waals surface area contributed by atoms with E-state index in [2.05, 4.69) is 10.4 Å². The summed E-state index contributed by atoms with van der Waals surface area (Å²) in [7, 11) is 1.60. The Hall–Kier alpha value is -4.14. The molecule has 4 rings (SSSR count). The number of amides is 2. The molecule has 2 amide bonds. The predicted octanol–water partition coefficient (Wildman–Crippen LogP) is 2.84. The van der Waals surface area contributed by atoms with Gasteiger partial charge in [-0.25, -0.2) is 4.79 Å². The quantitative estimate of drug-likeness (QED) is 0.463. The number of nitrogens with zero attached hydrogens (tertiary/aromatic N) is 3. The maximum absolute atomic E-state index is 13.7. The molecule has 2 heterocycles. The number of methoxy groups -OCH3 is 1. The van der Waals surface area contributed by atoms with Crippen molar-refractivity contribution in [3.63, 3.8) is 0 Å². The number of fused-ring (bicyclic) bond motifs is 1. The summed E-state index contributed by atoms with van der Waals surface area (Å²) in [5.74, 6) is -0.579. The van der Waals surface area contributed by atoms with Crippen LogP contribution in [-0.2, 0) is 29.0 Å². The highest BCUT2D eigenvalue weighted by Crippen LogP contribution is 2.29. The number of benzene rings is 2. The third kappa shape index (κ3) is 4.95. The topological polar surface area (TPSA) is 103 Å². The highest BCUT2D eigenvalue weighted by Gasteiger charge is 2.48. The van der Waals surface area contributed by atoms with Crippen molar-refractivity contribution in [1.82, 2.24) is 20.0 Å². The van der Waals surface area contributed by atoms with E-state index in [4.69, 9.17) is 9.47 Å². The zero-order chi connectivity index (χ0) is 25.7. The summed E-state index contributed by atoms with van der Waals surface area (Å²) in [5.41, 5.74) is 0.914. The van der Waals surface area contributed by atoms with Crippen molar-refractivity contribution < 1.29 is 23.9 Å². The molecule has 2 aromatic carbocycles. The summed E-state index contributed by atoms with van der Waals surface area (Å²) >= 11 is 0. The number of carbonyl (C=O) groups excluding carboxylic acids is 3. The van der Waals surface area contributed by atoms with Gasteiger partial charge < -0.3 is 19.7 Å². The van der Waals surface area contributed by atoms with Crippen LogP contribution in [0.4, 0.5) is 0 Å². The monoisotopic (exact) mass is 490 g/mol. The second-order valence-electron chi connectivity index (χ2n) is 8.75. The Morgan fingerprint density at radius 1 is 1.11 bits per heavy atom. The molecule has 0 saturated heterocycles. The van der Waals surface area contributed by atoms with Gasteiger partial charge >= 0.3 is 5.97 Å².